The van der Waals surface area contributed by atoms with Crippen LogP contribution < -0.4 is 0 Å². The maximum absolute atomic E-state index is 12.6. The normalized spacial score (nSPS) is 14.5. The van der Waals surface area contributed by atoms with E-state index in [9.17, 15) is 22.6 Å². The lowest BCUT2D eigenvalue weighted by Crippen LogP contribution is -2.37. The Labute approximate surface area is 195 Å². The number of esters is 2. The lowest BCUT2D eigenvalue weighted by molar-refractivity contribution is -0.156. The van der Waals surface area contributed by atoms with E-state index >= 15 is 0 Å². The van der Waals surface area contributed by atoms with Gasteiger partial charge in [0.2, 0.25) is 0 Å². The van der Waals surface area contributed by atoms with Gasteiger partial charge in [0.1, 0.15) is 12.2 Å². The van der Waals surface area contributed by atoms with Crippen molar-refractivity contribution in [3.05, 3.63) is 0 Å². The molecule has 8 heteroatoms. The van der Waals surface area contributed by atoms with Crippen molar-refractivity contribution >= 4 is 22.1 Å². The molecule has 0 amide bonds. The van der Waals surface area contributed by atoms with Crippen LogP contribution in [0, 0.1) is 0 Å². The number of rotatable bonds is 20. The standard InChI is InChI=1S/C24H46O7S/c1-5-9-13-17-20(15-11-7-3)30-23(25)19-22(32(27,28)29)24(26)31-21(16-12-8-4)18-14-10-6-2/h20-22H,5-19H2,1-4H3,(H,27,28,29). The molecule has 0 aliphatic rings. The van der Waals surface area contributed by atoms with E-state index in [1.807, 2.05) is 13.8 Å². The quantitative estimate of drug-likeness (QED) is 0.130. The van der Waals surface area contributed by atoms with Gasteiger partial charge < -0.3 is 9.47 Å². The zero-order chi connectivity index (χ0) is 24.4. The molecule has 0 aromatic rings. The summed E-state index contributed by atoms with van der Waals surface area (Å²) in [5.41, 5.74) is 0. The molecule has 1 N–H and O–H groups in total. The van der Waals surface area contributed by atoms with Crippen molar-refractivity contribution in [1.82, 2.24) is 0 Å². The second-order valence-electron chi connectivity index (χ2n) is 8.65. The molecular weight excluding hydrogens is 432 g/mol. The van der Waals surface area contributed by atoms with Crippen molar-refractivity contribution < 1.29 is 32.0 Å². The summed E-state index contributed by atoms with van der Waals surface area (Å²) in [5, 5.41) is -1.95. The Morgan fingerprint density at radius 3 is 1.50 bits per heavy atom. The van der Waals surface area contributed by atoms with Gasteiger partial charge in [-0.05, 0) is 38.5 Å². The summed E-state index contributed by atoms with van der Waals surface area (Å²) in [6, 6.07) is 0. The van der Waals surface area contributed by atoms with E-state index in [2.05, 4.69) is 13.8 Å². The molecule has 0 aliphatic heterocycles. The summed E-state index contributed by atoms with van der Waals surface area (Å²) in [6.45, 7) is 8.23. The van der Waals surface area contributed by atoms with Gasteiger partial charge in [0.15, 0.2) is 5.25 Å². The van der Waals surface area contributed by atoms with E-state index in [1.165, 1.54) is 0 Å². The topological polar surface area (TPSA) is 107 Å². The van der Waals surface area contributed by atoms with Gasteiger partial charge >= 0.3 is 11.9 Å². The van der Waals surface area contributed by atoms with Gasteiger partial charge in [0.05, 0.1) is 6.42 Å². The first kappa shape index (κ1) is 30.9. The Morgan fingerprint density at radius 2 is 1.09 bits per heavy atom. The molecule has 0 rings (SSSR count). The molecule has 0 spiro atoms. The minimum Gasteiger partial charge on any atom is -0.462 e. The SMILES string of the molecule is CCCCCC(CCCC)OC(=O)CC(C(=O)OC(CCCC)CCCCC)S(=O)(=O)O. The van der Waals surface area contributed by atoms with Gasteiger partial charge in [-0.3, -0.25) is 14.1 Å². The molecule has 3 atom stereocenters. The lowest BCUT2D eigenvalue weighted by Gasteiger charge is -2.22. The minimum absolute atomic E-state index is 0.307. The predicted molar refractivity (Wildman–Crippen MR) is 127 cm³/mol. The van der Waals surface area contributed by atoms with Crippen molar-refractivity contribution in [2.75, 3.05) is 0 Å². The molecule has 7 nitrogen and oxygen atoms in total. The molecule has 0 aromatic heterocycles. The number of hydrogen-bond acceptors (Lipinski definition) is 6. The summed E-state index contributed by atoms with van der Waals surface area (Å²) in [6.07, 6.45) is 10.7. The zero-order valence-corrected chi connectivity index (χ0v) is 21.5. The molecule has 0 aliphatic carbocycles. The summed E-state index contributed by atoms with van der Waals surface area (Å²) in [5.74, 6) is -1.86. The van der Waals surface area contributed by atoms with Crippen LogP contribution in [0.25, 0.3) is 0 Å². The van der Waals surface area contributed by atoms with Crippen LogP contribution in [-0.2, 0) is 29.2 Å². The fraction of sp³-hybridized carbons (Fsp3) is 0.917. The van der Waals surface area contributed by atoms with Crippen LogP contribution in [0.3, 0.4) is 0 Å². The van der Waals surface area contributed by atoms with Gasteiger partial charge in [0, 0.05) is 0 Å². The third kappa shape index (κ3) is 14.8. The van der Waals surface area contributed by atoms with Crippen LogP contribution in [0.2, 0.25) is 0 Å². The Morgan fingerprint density at radius 1 is 0.688 bits per heavy atom. The average molecular weight is 479 g/mol. The highest BCUT2D eigenvalue weighted by atomic mass is 32.2. The number of unbranched alkanes of at least 4 members (excludes halogenated alkanes) is 6. The van der Waals surface area contributed by atoms with Crippen molar-refractivity contribution in [3.63, 3.8) is 0 Å². The van der Waals surface area contributed by atoms with Crippen LogP contribution in [-0.4, -0.2) is 42.4 Å². The highest BCUT2D eigenvalue weighted by Gasteiger charge is 2.37. The van der Waals surface area contributed by atoms with E-state index in [0.717, 1.165) is 64.2 Å². The van der Waals surface area contributed by atoms with Crippen LogP contribution in [0.4, 0.5) is 0 Å². The van der Waals surface area contributed by atoms with E-state index in [1.54, 1.807) is 0 Å². The average Bonchev–Trinajstić information content (AvgIpc) is 2.73. The molecule has 0 radical (unpaired) electrons. The first-order valence-electron chi connectivity index (χ1n) is 12.6. The van der Waals surface area contributed by atoms with E-state index in [0.29, 0.717) is 25.7 Å². The van der Waals surface area contributed by atoms with Crippen LogP contribution in [0.15, 0.2) is 0 Å². The summed E-state index contributed by atoms with van der Waals surface area (Å²) in [7, 11) is -4.80. The van der Waals surface area contributed by atoms with Gasteiger partial charge in [-0.15, -0.1) is 0 Å². The van der Waals surface area contributed by atoms with Crippen molar-refractivity contribution in [2.24, 2.45) is 0 Å². The first-order valence-corrected chi connectivity index (χ1v) is 14.1. The Balaban J connectivity index is 5.12. The van der Waals surface area contributed by atoms with Gasteiger partial charge in [-0.25, -0.2) is 0 Å². The minimum atomic E-state index is -4.80. The summed E-state index contributed by atoms with van der Waals surface area (Å²) < 4.78 is 44.3. The van der Waals surface area contributed by atoms with Crippen LogP contribution in [0.1, 0.15) is 124 Å². The van der Waals surface area contributed by atoms with E-state index < -0.39 is 39.8 Å². The van der Waals surface area contributed by atoms with E-state index in [-0.39, 0.29) is 6.10 Å². The Hall–Kier alpha value is -1.15. The number of carbonyl (C=O) groups excluding carboxylic acids is 2. The molecule has 0 bridgehead atoms. The number of ether oxygens (including phenoxy) is 2. The molecule has 0 aromatic carbocycles. The predicted octanol–water partition coefficient (Wildman–Crippen LogP) is 6.00. The second kappa shape index (κ2) is 18.3. The monoisotopic (exact) mass is 478 g/mol. The van der Waals surface area contributed by atoms with Crippen molar-refractivity contribution in [1.29, 1.82) is 0 Å². The fourth-order valence-electron chi connectivity index (χ4n) is 3.57. The fourth-order valence-corrected chi connectivity index (χ4v) is 4.21. The van der Waals surface area contributed by atoms with Crippen LogP contribution >= 0.6 is 0 Å². The summed E-state index contributed by atoms with van der Waals surface area (Å²) in [4.78, 5) is 25.1. The van der Waals surface area contributed by atoms with Crippen molar-refractivity contribution in [3.8, 4) is 0 Å². The Kier molecular flexibility index (Phi) is 17.6. The third-order valence-corrected chi connectivity index (χ3v) is 6.65. The smallest absolute Gasteiger partial charge is 0.327 e. The molecule has 3 unspecified atom stereocenters. The highest BCUT2D eigenvalue weighted by molar-refractivity contribution is 7.87. The van der Waals surface area contributed by atoms with Crippen LogP contribution in [0.5, 0.6) is 0 Å². The van der Waals surface area contributed by atoms with Gasteiger partial charge in [-0.2, -0.15) is 8.42 Å². The van der Waals surface area contributed by atoms with Gasteiger partial charge in [-0.1, -0.05) is 79.1 Å². The molecule has 0 fully saturated rings. The maximum Gasteiger partial charge on any atom is 0.327 e. The second-order valence-corrected chi connectivity index (χ2v) is 10.3. The third-order valence-electron chi connectivity index (χ3n) is 5.57. The lowest BCUT2D eigenvalue weighted by atomic mass is 10.1. The molecule has 32 heavy (non-hydrogen) atoms. The number of carbonyl (C=O) groups is 2. The molecule has 0 saturated carbocycles. The molecule has 0 heterocycles. The number of hydrogen-bond donors (Lipinski definition) is 1. The largest absolute Gasteiger partial charge is 0.462 e. The van der Waals surface area contributed by atoms with E-state index in [4.69, 9.17) is 9.47 Å². The molecular formula is C24H46O7S. The maximum atomic E-state index is 12.6. The summed E-state index contributed by atoms with van der Waals surface area (Å²) >= 11 is 0. The van der Waals surface area contributed by atoms with Gasteiger partial charge in [0.25, 0.3) is 10.1 Å². The first-order chi connectivity index (χ1) is 15.2. The zero-order valence-electron chi connectivity index (χ0n) is 20.6. The highest BCUT2D eigenvalue weighted by Crippen LogP contribution is 2.19. The van der Waals surface area contributed by atoms with Crippen molar-refractivity contribution in [2.45, 2.75) is 141 Å². The molecule has 0 saturated heterocycles. The Bertz CT molecular complexity index is 603. The molecule has 190 valence electrons.